The Labute approximate surface area is 71.2 Å². The lowest BCUT2D eigenvalue weighted by Crippen LogP contribution is -2.24. The fourth-order valence-electron chi connectivity index (χ4n) is 1.44. The maximum atomic E-state index is 10.9. The Hall–Kier alpha value is -1.31. The number of ether oxygens (including phenoxy) is 1. The van der Waals surface area contributed by atoms with Crippen molar-refractivity contribution in [1.29, 1.82) is 0 Å². The quantitative estimate of drug-likeness (QED) is 0.507. The van der Waals surface area contributed by atoms with Crippen LogP contribution in [-0.2, 0) is 9.53 Å². The Morgan fingerprint density at radius 3 is 3.08 bits per heavy atom. The van der Waals surface area contributed by atoms with Crippen molar-refractivity contribution in [3.8, 4) is 0 Å². The second-order valence-corrected chi connectivity index (χ2v) is 3.14. The van der Waals surface area contributed by atoms with E-state index in [-0.39, 0.29) is 12.1 Å². The first-order valence-electron chi connectivity index (χ1n) is 4.02. The van der Waals surface area contributed by atoms with Crippen molar-refractivity contribution in [2.75, 3.05) is 0 Å². The summed E-state index contributed by atoms with van der Waals surface area (Å²) in [7, 11) is 0. The molecule has 0 N–H and O–H groups in total. The topological polar surface area (TPSA) is 26.3 Å². The van der Waals surface area contributed by atoms with Crippen molar-refractivity contribution in [2.24, 2.45) is 0 Å². The Balaban J connectivity index is 2.31. The van der Waals surface area contributed by atoms with Crippen LogP contribution in [-0.4, -0.2) is 12.1 Å². The van der Waals surface area contributed by atoms with Gasteiger partial charge in [-0.3, -0.25) is 0 Å². The van der Waals surface area contributed by atoms with Crippen molar-refractivity contribution in [3.63, 3.8) is 0 Å². The minimum Gasteiger partial charge on any atom is -0.454 e. The van der Waals surface area contributed by atoms with Crippen LogP contribution in [0, 0.1) is 0 Å². The molecule has 2 rings (SSSR count). The standard InChI is InChI=1S/C10H10O2/c1-7-2-3-8-4-5-10(11)12-9(8)6-7/h2-5,9H,6H2,1H3. The molecule has 0 aromatic rings. The van der Waals surface area contributed by atoms with E-state index in [0.717, 1.165) is 12.0 Å². The maximum absolute atomic E-state index is 10.9. The van der Waals surface area contributed by atoms with Gasteiger partial charge in [0.2, 0.25) is 0 Å². The van der Waals surface area contributed by atoms with E-state index in [4.69, 9.17) is 4.74 Å². The molecule has 0 amide bonds. The average molecular weight is 162 g/mol. The second kappa shape index (κ2) is 2.63. The molecule has 0 fully saturated rings. The minimum atomic E-state index is -0.230. The normalized spacial score (nSPS) is 27.1. The summed E-state index contributed by atoms with van der Waals surface area (Å²) in [5.41, 5.74) is 2.35. The third-order valence-electron chi connectivity index (χ3n) is 2.11. The van der Waals surface area contributed by atoms with E-state index in [1.54, 1.807) is 0 Å². The number of fused-ring (bicyclic) bond motifs is 1. The summed E-state index contributed by atoms with van der Waals surface area (Å²) in [4.78, 5) is 10.9. The second-order valence-electron chi connectivity index (χ2n) is 3.14. The molecule has 0 spiro atoms. The molecule has 12 heavy (non-hydrogen) atoms. The molecule has 1 aliphatic carbocycles. The predicted molar refractivity (Wildman–Crippen MR) is 45.5 cm³/mol. The van der Waals surface area contributed by atoms with E-state index in [2.05, 4.69) is 6.08 Å². The molecule has 0 aromatic carbocycles. The van der Waals surface area contributed by atoms with Gasteiger partial charge in [0.25, 0.3) is 0 Å². The van der Waals surface area contributed by atoms with Crippen molar-refractivity contribution in [1.82, 2.24) is 0 Å². The van der Waals surface area contributed by atoms with Gasteiger partial charge in [-0.05, 0) is 18.6 Å². The van der Waals surface area contributed by atoms with Crippen LogP contribution in [0.25, 0.3) is 0 Å². The molecular weight excluding hydrogens is 152 g/mol. The molecule has 0 bridgehead atoms. The highest BCUT2D eigenvalue weighted by atomic mass is 16.5. The molecule has 2 nitrogen and oxygen atoms in total. The highest BCUT2D eigenvalue weighted by molar-refractivity contribution is 5.84. The van der Waals surface area contributed by atoms with Gasteiger partial charge in [-0.25, -0.2) is 4.79 Å². The lowest BCUT2D eigenvalue weighted by atomic mass is 9.95. The molecule has 1 heterocycles. The first-order valence-corrected chi connectivity index (χ1v) is 4.02. The van der Waals surface area contributed by atoms with Gasteiger partial charge < -0.3 is 4.74 Å². The zero-order valence-corrected chi connectivity index (χ0v) is 6.91. The third-order valence-corrected chi connectivity index (χ3v) is 2.11. The fraction of sp³-hybridized carbons (Fsp3) is 0.300. The third kappa shape index (κ3) is 1.20. The number of hydrogen-bond donors (Lipinski definition) is 0. The van der Waals surface area contributed by atoms with Crippen LogP contribution in [0.5, 0.6) is 0 Å². The van der Waals surface area contributed by atoms with E-state index in [0.29, 0.717) is 0 Å². The van der Waals surface area contributed by atoms with Crippen molar-refractivity contribution in [3.05, 3.63) is 35.5 Å². The monoisotopic (exact) mass is 162 g/mol. The van der Waals surface area contributed by atoms with Gasteiger partial charge in [-0.1, -0.05) is 17.7 Å². The van der Waals surface area contributed by atoms with Crippen LogP contribution in [0.3, 0.4) is 0 Å². The molecule has 1 aliphatic heterocycles. The van der Waals surface area contributed by atoms with Crippen LogP contribution in [0.1, 0.15) is 13.3 Å². The van der Waals surface area contributed by atoms with Crippen molar-refractivity contribution in [2.45, 2.75) is 19.4 Å². The summed E-state index contributed by atoms with van der Waals surface area (Å²) in [6.45, 7) is 2.04. The molecule has 0 saturated heterocycles. The van der Waals surface area contributed by atoms with Gasteiger partial charge in [-0.2, -0.15) is 0 Å². The van der Waals surface area contributed by atoms with Crippen LogP contribution < -0.4 is 0 Å². The highest BCUT2D eigenvalue weighted by Crippen LogP contribution is 2.25. The van der Waals surface area contributed by atoms with Gasteiger partial charge in [0.15, 0.2) is 0 Å². The lowest BCUT2D eigenvalue weighted by Gasteiger charge is -2.24. The Morgan fingerprint density at radius 1 is 1.42 bits per heavy atom. The molecule has 0 saturated carbocycles. The predicted octanol–water partition coefficient (Wildman–Crippen LogP) is 1.74. The highest BCUT2D eigenvalue weighted by Gasteiger charge is 2.22. The SMILES string of the molecule is CC1=CC=C2C=CC(=O)OC2C1. The number of carbonyl (C=O) groups excluding carboxylic acids is 1. The number of allylic oxidation sites excluding steroid dienone is 2. The van der Waals surface area contributed by atoms with Gasteiger partial charge in [0.1, 0.15) is 6.10 Å². The average Bonchev–Trinajstić information content (AvgIpc) is 2.03. The van der Waals surface area contributed by atoms with Crippen LogP contribution in [0.15, 0.2) is 35.5 Å². The number of carbonyl (C=O) groups is 1. The molecule has 0 radical (unpaired) electrons. The number of rotatable bonds is 0. The van der Waals surface area contributed by atoms with Crippen molar-refractivity contribution < 1.29 is 9.53 Å². The summed E-state index contributed by atoms with van der Waals surface area (Å²) in [5, 5.41) is 0. The summed E-state index contributed by atoms with van der Waals surface area (Å²) < 4.78 is 5.13. The summed E-state index contributed by atoms with van der Waals surface area (Å²) in [6, 6.07) is 0. The van der Waals surface area contributed by atoms with Gasteiger partial charge in [0, 0.05) is 12.5 Å². The minimum absolute atomic E-state index is 0.0347. The first kappa shape index (κ1) is 7.35. The summed E-state index contributed by atoms with van der Waals surface area (Å²) in [6.07, 6.45) is 8.17. The zero-order chi connectivity index (χ0) is 8.55. The Bertz CT molecular complexity index is 308. The molecule has 2 heteroatoms. The first-order chi connectivity index (χ1) is 5.75. The molecular formula is C10H10O2. The summed E-state index contributed by atoms with van der Waals surface area (Å²) >= 11 is 0. The lowest BCUT2D eigenvalue weighted by molar-refractivity contribution is -0.141. The smallest absolute Gasteiger partial charge is 0.331 e. The van der Waals surface area contributed by atoms with Crippen LogP contribution >= 0.6 is 0 Å². The van der Waals surface area contributed by atoms with E-state index in [9.17, 15) is 4.79 Å². The summed E-state index contributed by atoms with van der Waals surface area (Å²) in [5.74, 6) is -0.230. The molecule has 1 atom stereocenters. The zero-order valence-electron chi connectivity index (χ0n) is 6.91. The Kier molecular flexibility index (Phi) is 1.61. The van der Waals surface area contributed by atoms with Gasteiger partial charge in [-0.15, -0.1) is 0 Å². The van der Waals surface area contributed by atoms with Gasteiger partial charge in [0.05, 0.1) is 0 Å². The Morgan fingerprint density at radius 2 is 2.25 bits per heavy atom. The maximum Gasteiger partial charge on any atom is 0.331 e. The van der Waals surface area contributed by atoms with E-state index >= 15 is 0 Å². The molecule has 62 valence electrons. The fourth-order valence-corrected chi connectivity index (χ4v) is 1.44. The van der Waals surface area contributed by atoms with Crippen LogP contribution in [0.4, 0.5) is 0 Å². The van der Waals surface area contributed by atoms with Crippen molar-refractivity contribution >= 4 is 5.97 Å². The van der Waals surface area contributed by atoms with E-state index in [1.807, 2.05) is 19.1 Å². The number of esters is 1. The molecule has 2 aliphatic rings. The van der Waals surface area contributed by atoms with E-state index < -0.39 is 0 Å². The molecule has 1 unspecified atom stereocenters. The largest absolute Gasteiger partial charge is 0.454 e. The molecule has 0 aromatic heterocycles. The number of hydrogen-bond acceptors (Lipinski definition) is 2. The van der Waals surface area contributed by atoms with Crippen LogP contribution in [0.2, 0.25) is 0 Å². The van der Waals surface area contributed by atoms with E-state index in [1.165, 1.54) is 11.6 Å². The van der Waals surface area contributed by atoms with Gasteiger partial charge >= 0.3 is 5.97 Å².